The zero-order valence-electron chi connectivity index (χ0n) is 12.3. The van der Waals surface area contributed by atoms with Crippen LogP contribution in [0.15, 0.2) is 4.99 Å². The highest BCUT2D eigenvalue weighted by molar-refractivity contribution is 8.00. The SMILES string of the molecule is CN=C(NCC(C)C(=O)OC)NCC1(C)CCCS1. The highest BCUT2D eigenvalue weighted by atomic mass is 32.2. The number of esters is 1. The van der Waals surface area contributed by atoms with Crippen LogP contribution in [-0.4, -0.2) is 49.7 Å². The monoisotopic (exact) mass is 287 g/mol. The second kappa shape index (κ2) is 7.62. The Morgan fingerprint density at radius 1 is 1.53 bits per heavy atom. The number of thioether (sulfide) groups is 1. The van der Waals surface area contributed by atoms with Crippen LogP contribution in [0.3, 0.4) is 0 Å². The first kappa shape index (κ1) is 16.1. The number of aliphatic imine (C=N–C) groups is 1. The smallest absolute Gasteiger partial charge is 0.310 e. The number of hydrogen-bond acceptors (Lipinski definition) is 4. The predicted octanol–water partition coefficient (Wildman–Crippen LogP) is 1.25. The lowest BCUT2D eigenvalue weighted by Crippen LogP contribution is -2.45. The Balaban J connectivity index is 2.32. The number of nitrogens with one attached hydrogen (secondary N) is 2. The van der Waals surface area contributed by atoms with E-state index < -0.39 is 0 Å². The normalized spacial score (nSPS) is 24.9. The molecule has 19 heavy (non-hydrogen) atoms. The molecule has 1 rings (SSSR count). The molecule has 1 heterocycles. The third kappa shape index (κ3) is 5.30. The lowest BCUT2D eigenvalue weighted by Gasteiger charge is -2.24. The van der Waals surface area contributed by atoms with Gasteiger partial charge in [0.15, 0.2) is 5.96 Å². The number of carbonyl (C=O) groups is 1. The maximum atomic E-state index is 11.3. The molecule has 1 saturated heterocycles. The average molecular weight is 287 g/mol. The van der Waals surface area contributed by atoms with Crippen molar-refractivity contribution in [3.05, 3.63) is 0 Å². The minimum Gasteiger partial charge on any atom is -0.469 e. The summed E-state index contributed by atoms with van der Waals surface area (Å²) in [5.41, 5.74) is 0. The van der Waals surface area contributed by atoms with E-state index in [9.17, 15) is 4.79 Å². The van der Waals surface area contributed by atoms with E-state index in [1.165, 1.54) is 25.7 Å². The van der Waals surface area contributed by atoms with E-state index >= 15 is 0 Å². The van der Waals surface area contributed by atoms with Crippen LogP contribution in [0.25, 0.3) is 0 Å². The summed E-state index contributed by atoms with van der Waals surface area (Å²) < 4.78 is 4.99. The van der Waals surface area contributed by atoms with Gasteiger partial charge in [0.2, 0.25) is 0 Å². The van der Waals surface area contributed by atoms with Gasteiger partial charge >= 0.3 is 5.97 Å². The van der Waals surface area contributed by atoms with Crippen molar-refractivity contribution in [3.8, 4) is 0 Å². The van der Waals surface area contributed by atoms with Gasteiger partial charge < -0.3 is 15.4 Å². The van der Waals surface area contributed by atoms with Gasteiger partial charge in [0, 0.05) is 24.9 Å². The van der Waals surface area contributed by atoms with Crippen LogP contribution >= 0.6 is 11.8 Å². The van der Waals surface area contributed by atoms with Crippen molar-refractivity contribution in [2.24, 2.45) is 10.9 Å². The molecule has 0 aliphatic carbocycles. The Morgan fingerprint density at radius 2 is 2.26 bits per heavy atom. The van der Waals surface area contributed by atoms with E-state index in [0.717, 1.165) is 12.5 Å². The highest BCUT2D eigenvalue weighted by Crippen LogP contribution is 2.36. The standard InChI is InChI=1S/C13H25N3O2S/c1-10(11(17)18-4)8-15-12(14-3)16-9-13(2)6-5-7-19-13/h10H,5-9H2,1-4H3,(H2,14,15,16). The molecule has 0 aromatic heterocycles. The molecule has 1 aliphatic rings. The van der Waals surface area contributed by atoms with Crippen molar-refractivity contribution in [2.75, 3.05) is 33.0 Å². The van der Waals surface area contributed by atoms with Crippen molar-refractivity contribution in [1.82, 2.24) is 10.6 Å². The van der Waals surface area contributed by atoms with Crippen LogP contribution in [0, 0.1) is 5.92 Å². The van der Waals surface area contributed by atoms with Crippen molar-refractivity contribution in [2.45, 2.75) is 31.4 Å². The highest BCUT2D eigenvalue weighted by Gasteiger charge is 2.29. The van der Waals surface area contributed by atoms with E-state index in [4.69, 9.17) is 4.74 Å². The maximum Gasteiger partial charge on any atom is 0.310 e. The van der Waals surface area contributed by atoms with Crippen LogP contribution in [0.1, 0.15) is 26.7 Å². The minimum absolute atomic E-state index is 0.181. The third-order valence-corrected chi connectivity index (χ3v) is 4.87. The first-order valence-electron chi connectivity index (χ1n) is 6.67. The van der Waals surface area contributed by atoms with Gasteiger partial charge in [-0.1, -0.05) is 6.92 Å². The minimum atomic E-state index is -0.207. The van der Waals surface area contributed by atoms with Gasteiger partial charge in [-0.3, -0.25) is 9.79 Å². The first-order valence-corrected chi connectivity index (χ1v) is 7.65. The predicted molar refractivity (Wildman–Crippen MR) is 80.6 cm³/mol. The quantitative estimate of drug-likeness (QED) is 0.453. The van der Waals surface area contributed by atoms with Gasteiger partial charge in [-0.05, 0) is 25.5 Å². The van der Waals surface area contributed by atoms with Crippen molar-refractivity contribution in [1.29, 1.82) is 0 Å². The Hall–Kier alpha value is -0.910. The summed E-state index contributed by atoms with van der Waals surface area (Å²) in [4.78, 5) is 15.5. The summed E-state index contributed by atoms with van der Waals surface area (Å²) in [5.74, 6) is 1.59. The number of rotatable bonds is 5. The fourth-order valence-electron chi connectivity index (χ4n) is 2.00. The lowest BCUT2D eigenvalue weighted by molar-refractivity contribution is -0.144. The number of guanidine groups is 1. The Kier molecular flexibility index (Phi) is 6.48. The Bertz CT molecular complexity index is 328. The Labute approximate surface area is 120 Å². The summed E-state index contributed by atoms with van der Waals surface area (Å²) >= 11 is 2.01. The van der Waals surface area contributed by atoms with E-state index in [1.807, 2.05) is 18.7 Å². The van der Waals surface area contributed by atoms with Crippen LogP contribution in [-0.2, 0) is 9.53 Å². The molecule has 0 bridgehead atoms. The molecule has 0 spiro atoms. The molecule has 2 unspecified atom stereocenters. The van der Waals surface area contributed by atoms with Gasteiger partial charge in [-0.2, -0.15) is 11.8 Å². The topological polar surface area (TPSA) is 62.7 Å². The molecule has 1 fully saturated rings. The molecule has 5 nitrogen and oxygen atoms in total. The van der Waals surface area contributed by atoms with Crippen LogP contribution in [0.5, 0.6) is 0 Å². The molecule has 0 aromatic carbocycles. The van der Waals surface area contributed by atoms with Crippen molar-refractivity contribution in [3.63, 3.8) is 0 Å². The van der Waals surface area contributed by atoms with Gasteiger partial charge in [0.05, 0.1) is 13.0 Å². The zero-order valence-corrected chi connectivity index (χ0v) is 13.1. The fourth-order valence-corrected chi connectivity index (χ4v) is 3.25. The third-order valence-electron chi connectivity index (χ3n) is 3.33. The molecular weight excluding hydrogens is 262 g/mol. The second-order valence-electron chi connectivity index (χ2n) is 5.13. The maximum absolute atomic E-state index is 11.3. The number of hydrogen-bond donors (Lipinski definition) is 2. The molecule has 0 aromatic rings. The van der Waals surface area contributed by atoms with Gasteiger partial charge in [-0.15, -0.1) is 0 Å². The fraction of sp³-hybridized carbons (Fsp3) is 0.846. The molecule has 1 aliphatic heterocycles. The van der Waals surface area contributed by atoms with E-state index in [-0.39, 0.29) is 11.9 Å². The van der Waals surface area contributed by atoms with Crippen LogP contribution in [0.2, 0.25) is 0 Å². The van der Waals surface area contributed by atoms with Crippen molar-refractivity contribution >= 4 is 23.7 Å². The molecule has 0 radical (unpaired) electrons. The van der Waals surface area contributed by atoms with E-state index in [0.29, 0.717) is 11.3 Å². The first-order chi connectivity index (χ1) is 9.00. The summed E-state index contributed by atoms with van der Waals surface area (Å²) in [5, 5.41) is 6.48. The Morgan fingerprint density at radius 3 is 2.79 bits per heavy atom. The van der Waals surface area contributed by atoms with Crippen LogP contribution in [0.4, 0.5) is 0 Å². The van der Waals surface area contributed by atoms with Gasteiger partial charge in [0.1, 0.15) is 0 Å². The van der Waals surface area contributed by atoms with Gasteiger partial charge in [0.25, 0.3) is 0 Å². The molecule has 110 valence electrons. The summed E-state index contributed by atoms with van der Waals surface area (Å²) in [6.07, 6.45) is 2.52. The van der Waals surface area contributed by atoms with Crippen molar-refractivity contribution < 1.29 is 9.53 Å². The van der Waals surface area contributed by atoms with Gasteiger partial charge in [-0.25, -0.2) is 0 Å². The molecule has 6 heteroatoms. The lowest BCUT2D eigenvalue weighted by atomic mass is 10.1. The average Bonchev–Trinajstić information content (AvgIpc) is 2.84. The summed E-state index contributed by atoms with van der Waals surface area (Å²) in [6, 6.07) is 0. The van der Waals surface area contributed by atoms with E-state index in [1.54, 1.807) is 7.05 Å². The second-order valence-corrected chi connectivity index (χ2v) is 6.82. The number of nitrogens with zero attached hydrogens (tertiary/aromatic N) is 1. The molecule has 0 saturated carbocycles. The largest absolute Gasteiger partial charge is 0.469 e. The number of carbonyl (C=O) groups excluding carboxylic acids is 1. The number of ether oxygens (including phenoxy) is 1. The molecular formula is C13H25N3O2S. The number of methoxy groups -OCH3 is 1. The van der Waals surface area contributed by atoms with Crippen LogP contribution < -0.4 is 10.6 Å². The molecule has 2 atom stereocenters. The molecule has 0 amide bonds. The zero-order chi connectivity index (χ0) is 14.3. The van der Waals surface area contributed by atoms with E-state index in [2.05, 4.69) is 22.5 Å². The molecule has 2 N–H and O–H groups in total. The summed E-state index contributed by atoms with van der Waals surface area (Å²) in [7, 11) is 3.15. The summed E-state index contributed by atoms with van der Waals surface area (Å²) in [6.45, 7) is 5.53.